The summed E-state index contributed by atoms with van der Waals surface area (Å²) in [5.74, 6) is -1.35. The molecule has 0 bridgehead atoms. The van der Waals surface area contributed by atoms with Gasteiger partial charge in [0.05, 0.1) is 29.5 Å². The van der Waals surface area contributed by atoms with Crippen LogP contribution in [0.3, 0.4) is 0 Å². The van der Waals surface area contributed by atoms with E-state index in [1.165, 1.54) is 18.5 Å². The van der Waals surface area contributed by atoms with Gasteiger partial charge in [0.2, 0.25) is 0 Å². The molecule has 0 fully saturated rings. The number of fused-ring (bicyclic) bond motifs is 1. The van der Waals surface area contributed by atoms with Crippen molar-refractivity contribution < 1.29 is 19.4 Å². The maximum absolute atomic E-state index is 11.4. The zero-order valence-corrected chi connectivity index (χ0v) is 9.79. The highest BCUT2D eigenvalue weighted by molar-refractivity contribution is 5.92. The normalized spacial score (nSPS) is 10.5. The number of benzene rings is 1. The summed E-state index contributed by atoms with van der Waals surface area (Å²) in [5.41, 5.74) is 1.41. The van der Waals surface area contributed by atoms with Crippen molar-refractivity contribution in [1.29, 1.82) is 0 Å². The van der Waals surface area contributed by atoms with Gasteiger partial charge < -0.3 is 14.4 Å². The molecule has 18 heavy (non-hydrogen) atoms. The van der Waals surface area contributed by atoms with Gasteiger partial charge in [-0.2, -0.15) is 0 Å². The molecular formula is C12H12N2O4. The summed E-state index contributed by atoms with van der Waals surface area (Å²) in [6.07, 6.45) is 1.49. The summed E-state index contributed by atoms with van der Waals surface area (Å²) in [7, 11) is 0. The molecule has 0 spiro atoms. The molecule has 0 aliphatic rings. The molecule has 0 saturated carbocycles. The topological polar surface area (TPSA) is 81.4 Å². The van der Waals surface area contributed by atoms with Crippen molar-refractivity contribution in [2.75, 3.05) is 6.61 Å². The van der Waals surface area contributed by atoms with Gasteiger partial charge in [0, 0.05) is 0 Å². The predicted octanol–water partition coefficient (Wildman–Crippen LogP) is 1.30. The first-order chi connectivity index (χ1) is 8.61. The van der Waals surface area contributed by atoms with E-state index in [2.05, 4.69) is 4.98 Å². The Morgan fingerprint density at radius 2 is 2.22 bits per heavy atom. The lowest BCUT2D eigenvalue weighted by molar-refractivity contribution is -0.143. The minimum atomic E-state index is -1.00. The van der Waals surface area contributed by atoms with Crippen LogP contribution in [-0.4, -0.2) is 33.2 Å². The van der Waals surface area contributed by atoms with E-state index < -0.39 is 5.97 Å². The Morgan fingerprint density at radius 1 is 1.44 bits per heavy atom. The molecule has 1 heterocycles. The van der Waals surface area contributed by atoms with Gasteiger partial charge in [0.1, 0.15) is 6.54 Å². The molecule has 0 unspecified atom stereocenters. The Labute approximate surface area is 103 Å². The second kappa shape index (κ2) is 4.87. The monoisotopic (exact) mass is 248 g/mol. The Balaban J connectivity index is 2.31. The lowest BCUT2D eigenvalue weighted by atomic mass is 10.2. The van der Waals surface area contributed by atoms with E-state index in [0.717, 1.165) is 0 Å². The quantitative estimate of drug-likeness (QED) is 0.825. The van der Waals surface area contributed by atoms with E-state index in [4.69, 9.17) is 9.84 Å². The number of ether oxygens (including phenoxy) is 1. The highest BCUT2D eigenvalue weighted by Gasteiger charge is 2.10. The number of esters is 1. The number of hydrogen-bond donors (Lipinski definition) is 1. The zero-order chi connectivity index (χ0) is 13.1. The predicted molar refractivity (Wildman–Crippen MR) is 63.3 cm³/mol. The van der Waals surface area contributed by atoms with Crippen molar-refractivity contribution in [3.05, 3.63) is 30.1 Å². The number of carbonyl (C=O) groups excluding carboxylic acids is 1. The van der Waals surface area contributed by atoms with Gasteiger partial charge in [-0.05, 0) is 25.1 Å². The van der Waals surface area contributed by atoms with Crippen LogP contribution in [0.25, 0.3) is 11.0 Å². The number of nitrogens with zero attached hydrogens (tertiary/aromatic N) is 2. The largest absolute Gasteiger partial charge is 0.478 e. The highest BCUT2D eigenvalue weighted by atomic mass is 16.5. The van der Waals surface area contributed by atoms with Gasteiger partial charge in [-0.25, -0.2) is 9.78 Å². The number of aromatic carboxylic acids is 1. The Hall–Kier alpha value is -2.37. The Kier molecular flexibility index (Phi) is 3.27. The number of hydrogen-bond acceptors (Lipinski definition) is 4. The first-order valence-corrected chi connectivity index (χ1v) is 5.45. The molecule has 1 N–H and O–H groups in total. The van der Waals surface area contributed by atoms with Gasteiger partial charge in [-0.1, -0.05) is 0 Å². The molecule has 0 radical (unpaired) electrons. The number of aromatic nitrogens is 2. The fraction of sp³-hybridized carbons (Fsp3) is 0.250. The minimum Gasteiger partial charge on any atom is -0.478 e. The van der Waals surface area contributed by atoms with E-state index >= 15 is 0 Å². The molecule has 1 aromatic carbocycles. The van der Waals surface area contributed by atoms with Crippen LogP contribution in [0.4, 0.5) is 0 Å². The summed E-state index contributed by atoms with van der Waals surface area (Å²) >= 11 is 0. The van der Waals surface area contributed by atoms with E-state index in [0.29, 0.717) is 17.6 Å². The van der Waals surface area contributed by atoms with Gasteiger partial charge in [0.15, 0.2) is 0 Å². The summed E-state index contributed by atoms with van der Waals surface area (Å²) < 4.78 is 6.47. The standard InChI is InChI=1S/C12H12N2O4/c1-2-18-11(15)6-14-7-13-9-5-8(12(16)17)3-4-10(9)14/h3-5,7H,2,6H2,1H3,(H,16,17). The summed E-state index contributed by atoms with van der Waals surface area (Å²) in [4.78, 5) is 26.2. The van der Waals surface area contributed by atoms with Crippen LogP contribution in [0, 0.1) is 0 Å². The Bertz CT molecular complexity index is 603. The van der Waals surface area contributed by atoms with Crippen LogP contribution in [0.5, 0.6) is 0 Å². The average Bonchev–Trinajstić information content (AvgIpc) is 2.72. The smallest absolute Gasteiger partial charge is 0.335 e. The second-order valence-electron chi connectivity index (χ2n) is 3.69. The first kappa shape index (κ1) is 12.1. The van der Waals surface area contributed by atoms with Crippen molar-refractivity contribution in [2.24, 2.45) is 0 Å². The zero-order valence-electron chi connectivity index (χ0n) is 9.79. The molecular weight excluding hydrogens is 236 g/mol. The SMILES string of the molecule is CCOC(=O)Cn1cnc2cc(C(=O)O)ccc21. The van der Waals surface area contributed by atoms with Crippen molar-refractivity contribution in [3.63, 3.8) is 0 Å². The Morgan fingerprint density at radius 3 is 2.89 bits per heavy atom. The van der Waals surface area contributed by atoms with Crippen molar-refractivity contribution in [3.8, 4) is 0 Å². The van der Waals surface area contributed by atoms with E-state index in [9.17, 15) is 9.59 Å². The molecule has 94 valence electrons. The third-order valence-electron chi connectivity index (χ3n) is 2.47. The first-order valence-electron chi connectivity index (χ1n) is 5.45. The van der Waals surface area contributed by atoms with Gasteiger partial charge in [-0.15, -0.1) is 0 Å². The second-order valence-corrected chi connectivity index (χ2v) is 3.69. The van der Waals surface area contributed by atoms with E-state index in [1.807, 2.05) is 0 Å². The van der Waals surface area contributed by atoms with Crippen LogP contribution in [-0.2, 0) is 16.1 Å². The number of carbonyl (C=O) groups is 2. The summed E-state index contributed by atoms with van der Waals surface area (Å²) in [6, 6.07) is 4.58. The lowest BCUT2D eigenvalue weighted by Gasteiger charge is -2.04. The number of rotatable bonds is 4. The number of carboxylic acids is 1. The van der Waals surface area contributed by atoms with Gasteiger partial charge >= 0.3 is 11.9 Å². The maximum atomic E-state index is 11.4. The van der Waals surface area contributed by atoms with Crippen LogP contribution in [0.2, 0.25) is 0 Å². The van der Waals surface area contributed by atoms with Crippen LogP contribution in [0.1, 0.15) is 17.3 Å². The highest BCUT2D eigenvalue weighted by Crippen LogP contribution is 2.15. The van der Waals surface area contributed by atoms with Gasteiger partial charge in [-0.3, -0.25) is 4.79 Å². The molecule has 1 aromatic heterocycles. The molecule has 6 heteroatoms. The maximum Gasteiger partial charge on any atom is 0.335 e. The van der Waals surface area contributed by atoms with Crippen molar-refractivity contribution in [1.82, 2.24) is 9.55 Å². The van der Waals surface area contributed by atoms with Gasteiger partial charge in [0.25, 0.3) is 0 Å². The molecule has 6 nitrogen and oxygen atoms in total. The molecule has 0 saturated heterocycles. The van der Waals surface area contributed by atoms with Crippen LogP contribution < -0.4 is 0 Å². The van der Waals surface area contributed by atoms with Crippen molar-refractivity contribution in [2.45, 2.75) is 13.5 Å². The van der Waals surface area contributed by atoms with E-state index in [1.54, 1.807) is 17.6 Å². The molecule has 2 rings (SSSR count). The van der Waals surface area contributed by atoms with E-state index in [-0.39, 0.29) is 18.1 Å². The minimum absolute atomic E-state index is 0.0662. The third-order valence-corrected chi connectivity index (χ3v) is 2.47. The summed E-state index contributed by atoms with van der Waals surface area (Å²) in [6.45, 7) is 2.13. The fourth-order valence-electron chi connectivity index (χ4n) is 1.67. The summed E-state index contributed by atoms with van der Waals surface area (Å²) in [5, 5.41) is 8.86. The van der Waals surface area contributed by atoms with Crippen LogP contribution in [0.15, 0.2) is 24.5 Å². The average molecular weight is 248 g/mol. The molecule has 0 aliphatic heterocycles. The number of carboxylic acid groups (broad SMARTS) is 1. The molecule has 0 atom stereocenters. The number of imidazole rings is 1. The lowest BCUT2D eigenvalue weighted by Crippen LogP contribution is -2.12. The van der Waals surface area contributed by atoms with Crippen molar-refractivity contribution >= 4 is 23.0 Å². The fourth-order valence-corrected chi connectivity index (χ4v) is 1.67. The molecule has 2 aromatic rings. The molecule has 0 amide bonds. The molecule has 0 aliphatic carbocycles. The third kappa shape index (κ3) is 2.32. The van der Waals surface area contributed by atoms with Crippen LogP contribution >= 0.6 is 0 Å².